The Morgan fingerprint density at radius 1 is 1.22 bits per heavy atom. The molecule has 2 N–H and O–H groups in total. The Labute approximate surface area is 106 Å². The fraction of sp³-hybridized carbons (Fsp3) is 0.462. The van der Waals surface area contributed by atoms with Crippen LogP contribution in [0.1, 0.15) is 19.4 Å². The molecular weight excluding hydrogens is 238 g/mol. The first kappa shape index (κ1) is 14.6. The third-order valence-corrected chi connectivity index (χ3v) is 2.49. The molecule has 0 heterocycles. The SMILES string of the molecule is CC(C)C(=O)NCCNCc1c(F)cccc1F. The third kappa shape index (κ3) is 4.41. The van der Waals surface area contributed by atoms with E-state index < -0.39 is 11.6 Å². The highest BCUT2D eigenvalue weighted by atomic mass is 19.1. The summed E-state index contributed by atoms with van der Waals surface area (Å²) in [4.78, 5) is 11.2. The Morgan fingerprint density at radius 2 is 1.83 bits per heavy atom. The molecule has 0 radical (unpaired) electrons. The molecule has 1 aromatic rings. The maximum atomic E-state index is 13.2. The van der Waals surface area contributed by atoms with Crippen molar-refractivity contribution in [1.82, 2.24) is 10.6 Å². The molecule has 0 aliphatic carbocycles. The zero-order chi connectivity index (χ0) is 13.5. The van der Waals surface area contributed by atoms with Crippen molar-refractivity contribution in [3.63, 3.8) is 0 Å². The summed E-state index contributed by atoms with van der Waals surface area (Å²) in [6, 6.07) is 3.78. The van der Waals surface area contributed by atoms with Crippen molar-refractivity contribution in [3.05, 3.63) is 35.4 Å². The summed E-state index contributed by atoms with van der Waals surface area (Å²) < 4.78 is 26.5. The first-order valence-corrected chi connectivity index (χ1v) is 5.93. The number of amides is 1. The van der Waals surface area contributed by atoms with E-state index in [1.807, 2.05) is 0 Å². The van der Waals surface area contributed by atoms with E-state index in [0.29, 0.717) is 13.1 Å². The van der Waals surface area contributed by atoms with Crippen molar-refractivity contribution < 1.29 is 13.6 Å². The van der Waals surface area contributed by atoms with E-state index in [0.717, 1.165) is 0 Å². The number of halogens is 2. The summed E-state index contributed by atoms with van der Waals surface area (Å²) >= 11 is 0. The number of carbonyl (C=O) groups is 1. The molecule has 0 saturated heterocycles. The van der Waals surface area contributed by atoms with Crippen LogP contribution in [0.2, 0.25) is 0 Å². The van der Waals surface area contributed by atoms with Crippen LogP contribution in [0.15, 0.2) is 18.2 Å². The Kier molecular flexibility index (Phi) is 5.71. The van der Waals surface area contributed by atoms with Crippen LogP contribution in [0.4, 0.5) is 8.78 Å². The van der Waals surface area contributed by atoms with E-state index in [9.17, 15) is 13.6 Å². The molecular formula is C13H18F2N2O. The Balaban J connectivity index is 2.28. The molecule has 0 bridgehead atoms. The van der Waals surface area contributed by atoms with Crippen molar-refractivity contribution in [2.45, 2.75) is 20.4 Å². The number of nitrogens with one attached hydrogen (secondary N) is 2. The molecule has 0 aromatic heterocycles. The minimum atomic E-state index is -0.561. The molecule has 0 aliphatic heterocycles. The van der Waals surface area contributed by atoms with E-state index in [2.05, 4.69) is 10.6 Å². The molecule has 0 aliphatic rings. The van der Waals surface area contributed by atoms with Gasteiger partial charge in [-0.3, -0.25) is 4.79 Å². The Bertz CT molecular complexity index is 388. The van der Waals surface area contributed by atoms with Crippen LogP contribution in [-0.4, -0.2) is 19.0 Å². The maximum Gasteiger partial charge on any atom is 0.222 e. The third-order valence-electron chi connectivity index (χ3n) is 2.49. The van der Waals surface area contributed by atoms with Crippen LogP contribution < -0.4 is 10.6 Å². The van der Waals surface area contributed by atoms with Gasteiger partial charge in [-0.05, 0) is 12.1 Å². The Hall–Kier alpha value is -1.49. The fourth-order valence-corrected chi connectivity index (χ4v) is 1.39. The largest absolute Gasteiger partial charge is 0.355 e. The Morgan fingerprint density at radius 3 is 2.39 bits per heavy atom. The summed E-state index contributed by atoms with van der Waals surface area (Å²) in [7, 11) is 0. The molecule has 3 nitrogen and oxygen atoms in total. The average Bonchev–Trinajstić information content (AvgIpc) is 2.31. The van der Waals surface area contributed by atoms with Gasteiger partial charge in [-0.2, -0.15) is 0 Å². The summed E-state index contributed by atoms with van der Waals surface area (Å²) in [5, 5.41) is 5.59. The molecule has 0 atom stereocenters. The van der Waals surface area contributed by atoms with Gasteiger partial charge in [0.15, 0.2) is 0 Å². The van der Waals surface area contributed by atoms with Crippen LogP contribution >= 0.6 is 0 Å². The molecule has 0 fully saturated rings. The number of hydrogen-bond donors (Lipinski definition) is 2. The minimum absolute atomic E-state index is 0.0210. The molecule has 0 saturated carbocycles. The maximum absolute atomic E-state index is 13.2. The summed E-state index contributed by atoms with van der Waals surface area (Å²) in [6.45, 7) is 4.62. The zero-order valence-electron chi connectivity index (χ0n) is 10.6. The molecule has 0 unspecified atom stereocenters. The van der Waals surface area contributed by atoms with Gasteiger partial charge < -0.3 is 10.6 Å². The highest BCUT2D eigenvalue weighted by Crippen LogP contribution is 2.11. The van der Waals surface area contributed by atoms with Crippen molar-refractivity contribution in [1.29, 1.82) is 0 Å². The van der Waals surface area contributed by atoms with Crippen molar-refractivity contribution >= 4 is 5.91 Å². The number of hydrogen-bond acceptors (Lipinski definition) is 2. The van der Waals surface area contributed by atoms with Gasteiger partial charge in [0.2, 0.25) is 5.91 Å². The standard InChI is InChI=1S/C13H18F2N2O/c1-9(2)13(18)17-7-6-16-8-10-11(14)4-3-5-12(10)15/h3-5,9,16H,6-8H2,1-2H3,(H,17,18). The second-order valence-corrected chi connectivity index (χ2v) is 4.32. The number of rotatable bonds is 6. The topological polar surface area (TPSA) is 41.1 Å². The van der Waals surface area contributed by atoms with Crippen molar-refractivity contribution in [2.75, 3.05) is 13.1 Å². The van der Waals surface area contributed by atoms with E-state index in [-0.39, 0.29) is 23.9 Å². The molecule has 5 heteroatoms. The fourth-order valence-electron chi connectivity index (χ4n) is 1.39. The van der Waals surface area contributed by atoms with Crippen molar-refractivity contribution in [3.8, 4) is 0 Å². The van der Waals surface area contributed by atoms with E-state index in [4.69, 9.17) is 0 Å². The van der Waals surface area contributed by atoms with Crippen LogP contribution in [0.25, 0.3) is 0 Å². The van der Waals surface area contributed by atoms with Gasteiger partial charge in [0.05, 0.1) is 0 Å². The first-order chi connectivity index (χ1) is 8.52. The molecule has 0 spiro atoms. The van der Waals surface area contributed by atoms with Gasteiger partial charge in [-0.15, -0.1) is 0 Å². The van der Waals surface area contributed by atoms with Gasteiger partial charge in [0.25, 0.3) is 0 Å². The lowest BCUT2D eigenvalue weighted by atomic mass is 10.2. The first-order valence-electron chi connectivity index (χ1n) is 5.93. The van der Waals surface area contributed by atoms with E-state index in [1.54, 1.807) is 13.8 Å². The molecule has 100 valence electrons. The van der Waals surface area contributed by atoms with Gasteiger partial charge in [-0.1, -0.05) is 19.9 Å². The van der Waals surface area contributed by atoms with Crippen LogP contribution in [-0.2, 0) is 11.3 Å². The second-order valence-electron chi connectivity index (χ2n) is 4.32. The molecule has 18 heavy (non-hydrogen) atoms. The summed E-state index contributed by atoms with van der Waals surface area (Å²) in [6.07, 6.45) is 0. The predicted octanol–water partition coefficient (Wildman–Crippen LogP) is 1.83. The zero-order valence-corrected chi connectivity index (χ0v) is 10.6. The smallest absolute Gasteiger partial charge is 0.222 e. The average molecular weight is 256 g/mol. The summed E-state index contributed by atoms with van der Waals surface area (Å²) in [5.74, 6) is -1.22. The van der Waals surface area contributed by atoms with Gasteiger partial charge in [0.1, 0.15) is 11.6 Å². The highest BCUT2D eigenvalue weighted by molar-refractivity contribution is 5.77. The lowest BCUT2D eigenvalue weighted by Crippen LogP contribution is -2.34. The highest BCUT2D eigenvalue weighted by Gasteiger charge is 2.08. The van der Waals surface area contributed by atoms with E-state index >= 15 is 0 Å². The van der Waals surface area contributed by atoms with Gasteiger partial charge in [-0.25, -0.2) is 8.78 Å². The second kappa shape index (κ2) is 7.06. The summed E-state index contributed by atoms with van der Waals surface area (Å²) in [5.41, 5.74) is 0.0210. The predicted molar refractivity (Wildman–Crippen MR) is 65.9 cm³/mol. The molecule has 1 rings (SSSR count). The van der Waals surface area contributed by atoms with Crippen LogP contribution in [0.5, 0.6) is 0 Å². The van der Waals surface area contributed by atoms with Gasteiger partial charge in [0, 0.05) is 31.1 Å². The quantitative estimate of drug-likeness (QED) is 0.762. The molecule has 1 aromatic carbocycles. The monoisotopic (exact) mass is 256 g/mol. The minimum Gasteiger partial charge on any atom is -0.355 e. The number of benzene rings is 1. The lowest BCUT2D eigenvalue weighted by molar-refractivity contribution is -0.123. The van der Waals surface area contributed by atoms with E-state index in [1.165, 1.54) is 18.2 Å². The number of carbonyl (C=O) groups excluding carboxylic acids is 1. The van der Waals surface area contributed by atoms with Crippen molar-refractivity contribution in [2.24, 2.45) is 5.92 Å². The van der Waals surface area contributed by atoms with Gasteiger partial charge >= 0.3 is 0 Å². The molecule has 1 amide bonds. The van der Waals surface area contributed by atoms with Crippen LogP contribution in [0, 0.1) is 17.6 Å². The lowest BCUT2D eigenvalue weighted by Gasteiger charge is -2.09. The normalized spacial score (nSPS) is 10.7. The van der Waals surface area contributed by atoms with Crippen LogP contribution in [0.3, 0.4) is 0 Å².